The Bertz CT molecular complexity index is 159. The van der Waals surface area contributed by atoms with E-state index in [4.69, 9.17) is 26.5 Å². The Hall–Kier alpha value is -0.810. The molecule has 1 fully saturated rings. The lowest BCUT2D eigenvalue weighted by atomic mass is 9.84. The summed E-state index contributed by atoms with van der Waals surface area (Å²) in [6.07, 6.45) is 1.55. The molecule has 0 bridgehead atoms. The topological polar surface area (TPSA) is 110 Å². The molecule has 3 unspecified atom stereocenters. The van der Waals surface area contributed by atoms with Gasteiger partial charge in [0.25, 0.3) is 0 Å². The van der Waals surface area contributed by atoms with Gasteiger partial charge in [-0.05, 0) is 25.2 Å². The van der Waals surface area contributed by atoms with Crippen molar-refractivity contribution < 1.29 is 15.0 Å². The minimum Gasteiger partial charge on any atom is -0.450 e. The van der Waals surface area contributed by atoms with Gasteiger partial charge in [-0.25, -0.2) is 4.79 Å². The van der Waals surface area contributed by atoms with E-state index in [9.17, 15) is 0 Å². The minimum absolute atomic E-state index is 0.355. The fourth-order valence-corrected chi connectivity index (χ4v) is 1.39. The molecule has 0 aliphatic heterocycles. The van der Waals surface area contributed by atoms with Crippen molar-refractivity contribution in [2.75, 3.05) is 0 Å². The van der Waals surface area contributed by atoms with Gasteiger partial charge in [0, 0.05) is 12.1 Å². The van der Waals surface area contributed by atoms with E-state index in [-0.39, 0.29) is 0 Å². The van der Waals surface area contributed by atoms with Crippen molar-refractivity contribution in [1.29, 1.82) is 0 Å². The largest absolute Gasteiger partial charge is 0.503 e. The summed E-state index contributed by atoms with van der Waals surface area (Å²) >= 11 is 0. The Kier molecular flexibility index (Phi) is 5.41. The van der Waals surface area contributed by atoms with Crippen molar-refractivity contribution in [2.24, 2.45) is 17.4 Å². The first-order valence-electron chi connectivity index (χ1n) is 4.36. The predicted octanol–water partition coefficient (Wildman–Crippen LogP) is 0.683. The van der Waals surface area contributed by atoms with Crippen LogP contribution in [0, 0.1) is 5.92 Å². The van der Waals surface area contributed by atoms with Crippen LogP contribution in [0.5, 0.6) is 0 Å². The SMILES string of the molecule is CC1CCC(N)CC1N.O=C(O)O. The Labute approximate surface area is 77.7 Å². The summed E-state index contributed by atoms with van der Waals surface area (Å²) in [5, 5.41) is 13.9. The van der Waals surface area contributed by atoms with Gasteiger partial charge in [0.2, 0.25) is 0 Å². The molecule has 13 heavy (non-hydrogen) atoms. The summed E-state index contributed by atoms with van der Waals surface area (Å²) in [5.74, 6) is 0.685. The molecular weight excluding hydrogens is 172 g/mol. The molecule has 1 saturated carbocycles. The Morgan fingerprint density at radius 3 is 2.08 bits per heavy atom. The first-order valence-corrected chi connectivity index (χ1v) is 4.36. The second-order valence-corrected chi connectivity index (χ2v) is 3.50. The van der Waals surface area contributed by atoms with Crippen LogP contribution < -0.4 is 11.5 Å². The fraction of sp³-hybridized carbons (Fsp3) is 0.875. The third-order valence-electron chi connectivity index (χ3n) is 2.30. The molecule has 0 spiro atoms. The zero-order valence-electron chi connectivity index (χ0n) is 7.81. The summed E-state index contributed by atoms with van der Waals surface area (Å²) in [6.45, 7) is 2.20. The molecule has 0 aromatic heterocycles. The van der Waals surface area contributed by atoms with E-state index in [1.165, 1.54) is 6.42 Å². The number of rotatable bonds is 0. The second-order valence-electron chi connectivity index (χ2n) is 3.50. The van der Waals surface area contributed by atoms with Gasteiger partial charge in [0.05, 0.1) is 0 Å². The third-order valence-corrected chi connectivity index (χ3v) is 2.30. The Morgan fingerprint density at radius 1 is 1.31 bits per heavy atom. The first kappa shape index (κ1) is 12.2. The molecule has 1 aliphatic rings. The van der Waals surface area contributed by atoms with Gasteiger partial charge >= 0.3 is 6.16 Å². The van der Waals surface area contributed by atoms with E-state index in [1.807, 2.05) is 0 Å². The van der Waals surface area contributed by atoms with Crippen LogP contribution in [0.1, 0.15) is 26.2 Å². The standard InChI is InChI=1S/C7H16N2.CH2O3/c1-5-2-3-6(8)4-7(5)9;2-1(3)4/h5-7H,2-4,8-9H2,1H3;(H2,2,3,4). The lowest BCUT2D eigenvalue weighted by molar-refractivity contribution is 0.137. The summed E-state index contributed by atoms with van der Waals surface area (Å²) in [7, 11) is 0. The molecule has 1 aliphatic carbocycles. The molecule has 5 nitrogen and oxygen atoms in total. The highest BCUT2D eigenvalue weighted by Crippen LogP contribution is 2.20. The zero-order valence-corrected chi connectivity index (χ0v) is 7.81. The summed E-state index contributed by atoms with van der Waals surface area (Å²) in [5.41, 5.74) is 11.5. The van der Waals surface area contributed by atoms with Crippen LogP contribution in [-0.2, 0) is 0 Å². The highest BCUT2D eigenvalue weighted by Gasteiger charge is 2.21. The second kappa shape index (κ2) is 5.77. The van der Waals surface area contributed by atoms with E-state index in [0.717, 1.165) is 12.8 Å². The number of nitrogens with two attached hydrogens (primary N) is 2. The van der Waals surface area contributed by atoms with E-state index in [2.05, 4.69) is 6.92 Å². The molecule has 78 valence electrons. The van der Waals surface area contributed by atoms with Crippen LogP contribution in [0.4, 0.5) is 4.79 Å². The molecule has 5 heteroatoms. The maximum Gasteiger partial charge on any atom is 0.503 e. The van der Waals surface area contributed by atoms with Gasteiger partial charge in [-0.15, -0.1) is 0 Å². The fourth-order valence-electron chi connectivity index (χ4n) is 1.39. The molecular formula is C8H18N2O3. The van der Waals surface area contributed by atoms with Crippen LogP contribution in [0.25, 0.3) is 0 Å². The maximum atomic E-state index is 8.56. The smallest absolute Gasteiger partial charge is 0.450 e. The normalized spacial score (nSPS) is 33.0. The van der Waals surface area contributed by atoms with Crippen LogP contribution in [0.2, 0.25) is 0 Å². The quantitative estimate of drug-likeness (QED) is 0.449. The maximum absolute atomic E-state index is 8.56. The highest BCUT2D eigenvalue weighted by atomic mass is 16.6. The van der Waals surface area contributed by atoms with Crippen molar-refractivity contribution in [3.63, 3.8) is 0 Å². The van der Waals surface area contributed by atoms with Crippen LogP contribution in [0.3, 0.4) is 0 Å². The highest BCUT2D eigenvalue weighted by molar-refractivity contribution is 5.53. The summed E-state index contributed by atoms with van der Waals surface area (Å²) in [4.78, 5) is 8.56. The van der Waals surface area contributed by atoms with Gasteiger partial charge in [-0.2, -0.15) is 0 Å². The summed E-state index contributed by atoms with van der Waals surface area (Å²) in [6, 6.07) is 0.727. The first-order chi connectivity index (χ1) is 5.93. The van der Waals surface area contributed by atoms with E-state index in [1.54, 1.807) is 0 Å². The average Bonchev–Trinajstić information content (AvgIpc) is 1.96. The number of hydrogen-bond donors (Lipinski definition) is 4. The monoisotopic (exact) mass is 190 g/mol. The van der Waals surface area contributed by atoms with Gasteiger partial charge in [0.1, 0.15) is 0 Å². The molecule has 0 heterocycles. The molecule has 6 N–H and O–H groups in total. The van der Waals surface area contributed by atoms with Gasteiger partial charge < -0.3 is 21.7 Å². The number of carboxylic acid groups (broad SMARTS) is 2. The van der Waals surface area contributed by atoms with Gasteiger partial charge in [0.15, 0.2) is 0 Å². The van der Waals surface area contributed by atoms with Crippen molar-refractivity contribution in [2.45, 2.75) is 38.3 Å². The van der Waals surface area contributed by atoms with Crippen LogP contribution in [0.15, 0.2) is 0 Å². The minimum atomic E-state index is -1.83. The Morgan fingerprint density at radius 2 is 1.77 bits per heavy atom. The van der Waals surface area contributed by atoms with E-state index < -0.39 is 6.16 Å². The summed E-state index contributed by atoms with van der Waals surface area (Å²) < 4.78 is 0. The van der Waals surface area contributed by atoms with Crippen molar-refractivity contribution in [3.05, 3.63) is 0 Å². The van der Waals surface area contributed by atoms with Gasteiger partial charge in [-0.3, -0.25) is 0 Å². The molecule has 0 radical (unpaired) electrons. The lowest BCUT2D eigenvalue weighted by Crippen LogP contribution is -2.40. The molecule has 1 rings (SSSR count). The van der Waals surface area contributed by atoms with Crippen molar-refractivity contribution >= 4 is 6.16 Å². The number of hydrogen-bond acceptors (Lipinski definition) is 3. The van der Waals surface area contributed by atoms with Crippen LogP contribution >= 0.6 is 0 Å². The number of carbonyl (C=O) groups is 1. The van der Waals surface area contributed by atoms with E-state index >= 15 is 0 Å². The molecule has 0 saturated heterocycles. The van der Waals surface area contributed by atoms with E-state index in [0.29, 0.717) is 18.0 Å². The van der Waals surface area contributed by atoms with Crippen molar-refractivity contribution in [1.82, 2.24) is 0 Å². The average molecular weight is 190 g/mol. The molecule has 0 aromatic carbocycles. The zero-order chi connectivity index (χ0) is 10.4. The molecule has 0 amide bonds. The predicted molar refractivity (Wildman–Crippen MR) is 49.6 cm³/mol. The third kappa shape index (κ3) is 6.36. The van der Waals surface area contributed by atoms with Crippen molar-refractivity contribution in [3.8, 4) is 0 Å². The lowest BCUT2D eigenvalue weighted by Gasteiger charge is -2.29. The van der Waals surface area contributed by atoms with Gasteiger partial charge in [-0.1, -0.05) is 6.92 Å². The Balaban J connectivity index is 0.000000310. The van der Waals surface area contributed by atoms with Crippen LogP contribution in [-0.4, -0.2) is 28.5 Å². The molecule has 3 atom stereocenters. The molecule has 0 aromatic rings.